The molecular weight excluding hydrogens is 381 g/mol. The highest BCUT2D eigenvalue weighted by Crippen LogP contribution is 2.32. The molecular formula is C12H5BrCl2F2OS. The Morgan fingerprint density at radius 3 is 2.58 bits per heavy atom. The SMILES string of the molecule is O=C(Cc1c(F)ccc(Br)c1F)c1cc(Cl)sc1Cl. The summed E-state index contributed by atoms with van der Waals surface area (Å²) in [6.07, 6.45) is -0.413. The Labute approximate surface area is 130 Å². The van der Waals surface area contributed by atoms with E-state index < -0.39 is 23.8 Å². The number of benzene rings is 1. The second-order valence-electron chi connectivity index (χ2n) is 3.66. The molecule has 0 aliphatic carbocycles. The van der Waals surface area contributed by atoms with Crippen molar-refractivity contribution in [2.45, 2.75) is 6.42 Å². The van der Waals surface area contributed by atoms with Crippen LogP contribution in [0.4, 0.5) is 8.78 Å². The molecule has 7 heteroatoms. The molecule has 2 aromatic rings. The third-order valence-electron chi connectivity index (χ3n) is 2.43. The lowest BCUT2D eigenvalue weighted by atomic mass is 10.0. The van der Waals surface area contributed by atoms with Gasteiger partial charge in [0.05, 0.1) is 8.81 Å². The van der Waals surface area contributed by atoms with E-state index in [9.17, 15) is 13.6 Å². The van der Waals surface area contributed by atoms with Crippen molar-refractivity contribution < 1.29 is 13.6 Å². The van der Waals surface area contributed by atoms with E-state index in [0.29, 0.717) is 4.34 Å². The smallest absolute Gasteiger partial charge is 0.169 e. The van der Waals surface area contributed by atoms with Crippen molar-refractivity contribution in [1.29, 1.82) is 0 Å². The molecule has 0 bridgehead atoms. The zero-order valence-electron chi connectivity index (χ0n) is 9.15. The van der Waals surface area contributed by atoms with Crippen LogP contribution in [0.3, 0.4) is 0 Å². The third kappa shape index (κ3) is 3.16. The number of carbonyl (C=O) groups excluding carboxylic acids is 1. The number of ketones is 1. The highest BCUT2D eigenvalue weighted by Gasteiger charge is 2.20. The molecule has 2 rings (SSSR count). The van der Waals surface area contributed by atoms with E-state index in [4.69, 9.17) is 23.2 Å². The Morgan fingerprint density at radius 2 is 2.00 bits per heavy atom. The first kappa shape index (κ1) is 14.9. The Morgan fingerprint density at radius 1 is 1.32 bits per heavy atom. The Kier molecular flexibility index (Phi) is 4.61. The first-order chi connectivity index (χ1) is 8.90. The van der Waals surface area contributed by atoms with E-state index in [-0.39, 0.29) is 19.9 Å². The van der Waals surface area contributed by atoms with E-state index in [1.807, 2.05) is 0 Å². The molecule has 0 aliphatic heterocycles. The van der Waals surface area contributed by atoms with E-state index in [2.05, 4.69) is 15.9 Å². The van der Waals surface area contributed by atoms with Crippen LogP contribution in [0.15, 0.2) is 22.7 Å². The summed E-state index contributed by atoms with van der Waals surface area (Å²) < 4.78 is 28.0. The number of rotatable bonds is 3. The third-order valence-corrected chi connectivity index (χ3v) is 4.53. The molecule has 0 amide bonds. The van der Waals surface area contributed by atoms with Gasteiger partial charge in [-0.2, -0.15) is 0 Å². The van der Waals surface area contributed by atoms with Crippen molar-refractivity contribution in [3.63, 3.8) is 0 Å². The fourth-order valence-corrected chi connectivity index (χ4v) is 3.39. The maximum Gasteiger partial charge on any atom is 0.169 e. The average Bonchev–Trinajstić information content (AvgIpc) is 2.69. The van der Waals surface area contributed by atoms with Gasteiger partial charge < -0.3 is 0 Å². The molecule has 0 N–H and O–H groups in total. The lowest BCUT2D eigenvalue weighted by Crippen LogP contribution is -2.07. The summed E-state index contributed by atoms with van der Waals surface area (Å²) in [6.45, 7) is 0. The van der Waals surface area contributed by atoms with Crippen molar-refractivity contribution >= 4 is 56.3 Å². The zero-order valence-corrected chi connectivity index (χ0v) is 13.1. The van der Waals surface area contributed by atoms with Crippen LogP contribution in [0, 0.1) is 11.6 Å². The molecule has 1 nitrogen and oxygen atoms in total. The van der Waals surface area contributed by atoms with Gasteiger partial charge in [-0.15, -0.1) is 11.3 Å². The van der Waals surface area contributed by atoms with Gasteiger partial charge in [0.1, 0.15) is 16.0 Å². The molecule has 0 spiro atoms. The van der Waals surface area contributed by atoms with Crippen LogP contribution in [0.5, 0.6) is 0 Å². The number of carbonyl (C=O) groups is 1. The Balaban J connectivity index is 2.34. The van der Waals surface area contributed by atoms with Crippen LogP contribution < -0.4 is 0 Å². The monoisotopic (exact) mass is 384 g/mol. The van der Waals surface area contributed by atoms with Gasteiger partial charge in [-0.25, -0.2) is 8.78 Å². The van der Waals surface area contributed by atoms with Gasteiger partial charge in [0.25, 0.3) is 0 Å². The van der Waals surface area contributed by atoms with Crippen molar-refractivity contribution in [1.82, 2.24) is 0 Å². The predicted molar refractivity (Wildman–Crippen MR) is 76.4 cm³/mol. The van der Waals surface area contributed by atoms with Crippen molar-refractivity contribution in [2.75, 3.05) is 0 Å². The standard InChI is InChI=1S/C12H5BrCl2F2OS/c13-7-1-2-8(16)5(11(7)17)3-9(18)6-4-10(14)19-12(6)15/h1-2,4H,3H2. The van der Waals surface area contributed by atoms with Gasteiger partial charge in [0.2, 0.25) is 0 Å². The second kappa shape index (κ2) is 5.87. The number of halogens is 5. The van der Waals surface area contributed by atoms with Crippen LogP contribution in [0.1, 0.15) is 15.9 Å². The first-order valence-electron chi connectivity index (χ1n) is 5.00. The van der Waals surface area contributed by atoms with Gasteiger partial charge in [0.15, 0.2) is 5.78 Å². The molecule has 0 saturated heterocycles. The maximum atomic E-state index is 13.7. The quantitative estimate of drug-likeness (QED) is 0.502. The molecule has 1 aromatic carbocycles. The number of thiophene rings is 1. The first-order valence-corrected chi connectivity index (χ1v) is 7.37. The highest BCUT2D eigenvalue weighted by molar-refractivity contribution is 9.10. The molecule has 1 heterocycles. The van der Waals surface area contributed by atoms with Gasteiger partial charge in [-0.3, -0.25) is 4.79 Å². The highest BCUT2D eigenvalue weighted by atomic mass is 79.9. The minimum absolute atomic E-state index is 0.103. The van der Waals surface area contributed by atoms with Crippen LogP contribution in [0.25, 0.3) is 0 Å². The Bertz CT molecular complexity index is 657. The summed E-state index contributed by atoms with van der Waals surface area (Å²) in [5.41, 5.74) is -0.117. The minimum atomic E-state index is -0.786. The Hall–Kier alpha value is -0.490. The topological polar surface area (TPSA) is 17.1 Å². The minimum Gasteiger partial charge on any atom is -0.294 e. The normalized spacial score (nSPS) is 10.8. The maximum absolute atomic E-state index is 13.7. The fourth-order valence-electron chi connectivity index (χ4n) is 1.52. The molecule has 100 valence electrons. The summed E-state index contributed by atoms with van der Waals surface area (Å²) in [5, 5.41) is 0. The second-order valence-corrected chi connectivity index (χ2v) is 6.80. The van der Waals surface area contributed by atoms with Gasteiger partial charge in [0, 0.05) is 17.5 Å². The number of Topliss-reactive ketones (excluding diaryl/α,β-unsaturated/α-hetero) is 1. The molecule has 0 fully saturated rings. The summed E-state index contributed by atoms with van der Waals surface area (Å²) in [5.74, 6) is -2.04. The molecule has 0 aliphatic rings. The van der Waals surface area contributed by atoms with Gasteiger partial charge >= 0.3 is 0 Å². The lowest BCUT2D eigenvalue weighted by Gasteiger charge is -2.05. The number of hydrogen-bond acceptors (Lipinski definition) is 2. The number of hydrogen-bond donors (Lipinski definition) is 0. The van der Waals surface area contributed by atoms with Crippen molar-refractivity contribution in [3.05, 3.63) is 54.1 Å². The molecule has 0 unspecified atom stereocenters. The predicted octanol–water partition coefficient (Wildman–Crippen LogP) is 5.52. The summed E-state index contributed by atoms with van der Waals surface area (Å²) in [6, 6.07) is 3.73. The van der Waals surface area contributed by atoms with Crippen molar-refractivity contribution in [3.8, 4) is 0 Å². The molecule has 0 radical (unpaired) electrons. The van der Waals surface area contributed by atoms with Gasteiger partial charge in [-0.1, -0.05) is 23.2 Å². The molecule has 0 atom stereocenters. The molecule has 1 aromatic heterocycles. The van der Waals surface area contributed by atoms with Crippen LogP contribution in [-0.2, 0) is 6.42 Å². The van der Waals surface area contributed by atoms with Crippen LogP contribution in [0.2, 0.25) is 8.67 Å². The summed E-state index contributed by atoms with van der Waals surface area (Å²) in [4.78, 5) is 12.0. The van der Waals surface area contributed by atoms with E-state index >= 15 is 0 Å². The summed E-state index contributed by atoms with van der Waals surface area (Å²) in [7, 11) is 0. The van der Waals surface area contributed by atoms with Gasteiger partial charge in [-0.05, 0) is 34.1 Å². The fraction of sp³-hybridized carbons (Fsp3) is 0.0833. The van der Waals surface area contributed by atoms with Crippen LogP contribution >= 0.6 is 50.5 Å². The summed E-state index contributed by atoms with van der Waals surface area (Å²) >= 11 is 15.5. The molecule has 0 saturated carbocycles. The average molecular weight is 386 g/mol. The van der Waals surface area contributed by atoms with E-state index in [1.165, 1.54) is 12.1 Å². The lowest BCUT2D eigenvalue weighted by molar-refractivity contribution is 0.0991. The van der Waals surface area contributed by atoms with E-state index in [0.717, 1.165) is 17.4 Å². The zero-order chi connectivity index (χ0) is 14.2. The van der Waals surface area contributed by atoms with E-state index in [1.54, 1.807) is 0 Å². The van der Waals surface area contributed by atoms with Crippen molar-refractivity contribution in [2.24, 2.45) is 0 Å². The largest absolute Gasteiger partial charge is 0.294 e. The molecule has 19 heavy (non-hydrogen) atoms. The van der Waals surface area contributed by atoms with Crippen LogP contribution in [-0.4, -0.2) is 5.78 Å².